The summed E-state index contributed by atoms with van der Waals surface area (Å²) in [5.74, 6) is 0.601. The van der Waals surface area contributed by atoms with Gasteiger partial charge < -0.3 is 24.0 Å². The standard InChI is InChI=1S/C26H54NO5P/c1-4-5-6-7-8-9-10-11-12-13-14-15-16-18-25(2)19-20-26(30-24-28)23-32-33(29)31-22-17-21-27-3/h24-27,29H,4-23H2,1-3H3. The summed E-state index contributed by atoms with van der Waals surface area (Å²) in [6.45, 7) is 6.47. The highest BCUT2D eigenvalue weighted by Gasteiger charge is 2.16. The molecule has 0 aliphatic rings. The number of hydrogen-bond acceptors (Lipinski definition) is 6. The van der Waals surface area contributed by atoms with Gasteiger partial charge in [0.25, 0.3) is 6.47 Å². The highest BCUT2D eigenvalue weighted by molar-refractivity contribution is 7.40. The lowest BCUT2D eigenvalue weighted by Gasteiger charge is -2.19. The monoisotopic (exact) mass is 491 g/mol. The SMILES string of the molecule is CCCCCCCCCCCCCCCC(C)CCC(COP(O)OCCCNC)OC=O. The maximum atomic E-state index is 10.8. The van der Waals surface area contributed by atoms with Gasteiger partial charge in [-0.25, -0.2) is 0 Å². The number of hydrogen-bond donors (Lipinski definition) is 2. The molecular formula is C26H54NO5P. The highest BCUT2D eigenvalue weighted by Crippen LogP contribution is 2.33. The van der Waals surface area contributed by atoms with E-state index in [0.717, 1.165) is 25.8 Å². The summed E-state index contributed by atoms with van der Waals surface area (Å²) in [5.41, 5.74) is 0. The van der Waals surface area contributed by atoms with Crippen LogP contribution in [0.25, 0.3) is 0 Å². The van der Waals surface area contributed by atoms with Crippen LogP contribution >= 0.6 is 8.60 Å². The Morgan fingerprint density at radius 1 is 0.818 bits per heavy atom. The molecule has 0 aromatic carbocycles. The van der Waals surface area contributed by atoms with Crippen LogP contribution in [0.5, 0.6) is 0 Å². The van der Waals surface area contributed by atoms with Crippen LogP contribution in [0.1, 0.15) is 123 Å². The van der Waals surface area contributed by atoms with E-state index in [1.54, 1.807) is 0 Å². The van der Waals surface area contributed by atoms with Crippen molar-refractivity contribution < 1.29 is 23.5 Å². The Kier molecular flexibility index (Phi) is 26.1. The molecular weight excluding hydrogens is 437 g/mol. The summed E-state index contributed by atoms with van der Waals surface area (Å²) in [7, 11) is -0.0402. The second-order valence-electron chi connectivity index (χ2n) is 9.39. The van der Waals surface area contributed by atoms with Crippen LogP contribution in [0.2, 0.25) is 0 Å². The first-order valence-corrected chi connectivity index (χ1v) is 14.8. The lowest BCUT2D eigenvalue weighted by molar-refractivity contribution is -0.135. The number of carbonyl (C=O) groups is 1. The molecule has 0 rings (SSSR count). The first-order chi connectivity index (χ1) is 16.1. The lowest BCUT2D eigenvalue weighted by atomic mass is 9.96. The average Bonchev–Trinajstić information content (AvgIpc) is 2.81. The van der Waals surface area contributed by atoms with Gasteiger partial charge in [0.2, 0.25) is 0 Å². The Bertz CT molecular complexity index is 403. The third-order valence-electron chi connectivity index (χ3n) is 6.17. The predicted octanol–water partition coefficient (Wildman–Crippen LogP) is 7.29. The van der Waals surface area contributed by atoms with E-state index in [1.807, 2.05) is 7.05 Å². The molecule has 33 heavy (non-hydrogen) atoms. The molecule has 0 aliphatic heterocycles. The molecule has 7 heteroatoms. The van der Waals surface area contributed by atoms with E-state index >= 15 is 0 Å². The number of carbonyl (C=O) groups excluding carboxylic acids is 1. The zero-order valence-electron chi connectivity index (χ0n) is 21.9. The second-order valence-corrected chi connectivity index (χ2v) is 10.4. The predicted molar refractivity (Wildman–Crippen MR) is 139 cm³/mol. The summed E-state index contributed by atoms with van der Waals surface area (Å²) >= 11 is 0. The minimum atomic E-state index is -1.91. The van der Waals surface area contributed by atoms with Gasteiger partial charge in [-0.2, -0.15) is 0 Å². The third-order valence-corrected chi connectivity index (χ3v) is 6.95. The van der Waals surface area contributed by atoms with Crippen molar-refractivity contribution in [3.63, 3.8) is 0 Å². The molecule has 0 spiro atoms. The lowest BCUT2D eigenvalue weighted by Crippen LogP contribution is -2.19. The second kappa shape index (κ2) is 26.3. The van der Waals surface area contributed by atoms with Gasteiger partial charge >= 0.3 is 8.60 Å². The van der Waals surface area contributed by atoms with Crippen LogP contribution in [-0.2, 0) is 18.6 Å². The van der Waals surface area contributed by atoms with Crippen LogP contribution in [-0.4, -0.2) is 44.3 Å². The average molecular weight is 492 g/mol. The molecule has 0 saturated heterocycles. The Hall–Kier alpha value is -0.260. The summed E-state index contributed by atoms with van der Waals surface area (Å²) < 4.78 is 15.7. The molecule has 0 amide bonds. The van der Waals surface area contributed by atoms with E-state index in [-0.39, 0.29) is 12.7 Å². The Morgan fingerprint density at radius 3 is 1.94 bits per heavy atom. The molecule has 6 nitrogen and oxygen atoms in total. The van der Waals surface area contributed by atoms with Gasteiger partial charge in [-0.05, 0) is 38.8 Å². The molecule has 0 aromatic rings. The summed E-state index contributed by atoms with van der Waals surface area (Å²) in [4.78, 5) is 20.6. The van der Waals surface area contributed by atoms with Gasteiger partial charge in [0.15, 0.2) is 0 Å². The molecule has 198 valence electrons. The molecule has 3 unspecified atom stereocenters. The molecule has 0 aliphatic carbocycles. The van der Waals surface area contributed by atoms with E-state index in [4.69, 9.17) is 13.8 Å². The number of ether oxygens (including phenoxy) is 1. The molecule has 0 heterocycles. The summed E-state index contributed by atoms with van der Waals surface area (Å²) in [5, 5.41) is 3.02. The molecule has 3 atom stereocenters. The topological polar surface area (TPSA) is 77.0 Å². The van der Waals surface area contributed by atoms with Gasteiger partial charge in [-0.1, -0.05) is 104 Å². The number of rotatable bonds is 27. The first kappa shape index (κ1) is 32.7. The summed E-state index contributed by atoms with van der Waals surface area (Å²) in [6.07, 6.45) is 21.4. The third kappa shape index (κ3) is 24.7. The van der Waals surface area contributed by atoms with Crippen LogP contribution in [0.3, 0.4) is 0 Å². The maximum absolute atomic E-state index is 10.8. The molecule has 0 saturated carbocycles. The molecule has 0 fully saturated rings. The van der Waals surface area contributed by atoms with Crippen molar-refractivity contribution in [2.75, 3.05) is 26.8 Å². The zero-order chi connectivity index (χ0) is 24.4. The van der Waals surface area contributed by atoms with Crippen molar-refractivity contribution in [3.8, 4) is 0 Å². The Morgan fingerprint density at radius 2 is 1.39 bits per heavy atom. The quantitative estimate of drug-likeness (QED) is 0.0714. The smallest absolute Gasteiger partial charge is 0.329 e. The van der Waals surface area contributed by atoms with Gasteiger partial charge in [0, 0.05) is 0 Å². The number of nitrogens with one attached hydrogen (secondary N) is 1. The van der Waals surface area contributed by atoms with Crippen molar-refractivity contribution in [2.45, 2.75) is 129 Å². The fraction of sp³-hybridized carbons (Fsp3) is 0.962. The van der Waals surface area contributed by atoms with E-state index < -0.39 is 8.60 Å². The number of unbranched alkanes of at least 4 members (excludes halogenated alkanes) is 12. The molecule has 0 bridgehead atoms. The first-order valence-electron chi connectivity index (χ1n) is 13.6. The van der Waals surface area contributed by atoms with Crippen molar-refractivity contribution in [3.05, 3.63) is 0 Å². The van der Waals surface area contributed by atoms with Crippen molar-refractivity contribution >= 4 is 15.1 Å². The van der Waals surface area contributed by atoms with E-state index in [2.05, 4.69) is 19.2 Å². The maximum Gasteiger partial charge on any atom is 0.329 e. The normalized spacial score (nSPS) is 14.2. The van der Waals surface area contributed by atoms with E-state index in [1.165, 1.54) is 89.9 Å². The van der Waals surface area contributed by atoms with Crippen LogP contribution in [0.4, 0.5) is 0 Å². The fourth-order valence-electron chi connectivity index (χ4n) is 3.97. The van der Waals surface area contributed by atoms with Crippen molar-refractivity contribution in [1.82, 2.24) is 5.32 Å². The zero-order valence-corrected chi connectivity index (χ0v) is 22.8. The van der Waals surface area contributed by atoms with Gasteiger partial charge in [-0.3, -0.25) is 4.79 Å². The minimum absolute atomic E-state index is 0.179. The van der Waals surface area contributed by atoms with Gasteiger partial charge in [0.05, 0.1) is 13.2 Å². The molecule has 0 aromatic heterocycles. The summed E-state index contributed by atoms with van der Waals surface area (Å²) in [6, 6.07) is 0. The van der Waals surface area contributed by atoms with Crippen LogP contribution < -0.4 is 5.32 Å². The highest BCUT2D eigenvalue weighted by atomic mass is 31.2. The van der Waals surface area contributed by atoms with Crippen molar-refractivity contribution in [2.24, 2.45) is 5.92 Å². The van der Waals surface area contributed by atoms with Crippen LogP contribution in [0, 0.1) is 5.92 Å². The van der Waals surface area contributed by atoms with Gasteiger partial charge in [-0.15, -0.1) is 0 Å². The fourth-order valence-corrected chi connectivity index (χ4v) is 4.62. The van der Waals surface area contributed by atoms with Gasteiger partial charge in [0.1, 0.15) is 6.10 Å². The Balaban J connectivity index is 3.62. The van der Waals surface area contributed by atoms with Crippen LogP contribution in [0.15, 0.2) is 0 Å². The Labute approximate surface area is 205 Å². The minimum Gasteiger partial charge on any atom is -0.462 e. The molecule has 0 radical (unpaired) electrons. The largest absolute Gasteiger partial charge is 0.462 e. The van der Waals surface area contributed by atoms with E-state index in [9.17, 15) is 9.69 Å². The molecule has 2 N–H and O–H groups in total. The van der Waals surface area contributed by atoms with Crippen molar-refractivity contribution in [1.29, 1.82) is 0 Å². The van der Waals surface area contributed by atoms with E-state index in [0.29, 0.717) is 19.0 Å².